The van der Waals surface area contributed by atoms with E-state index in [9.17, 15) is 4.79 Å². The van der Waals surface area contributed by atoms with E-state index in [1.807, 2.05) is 4.90 Å². The fourth-order valence-corrected chi connectivity index (χ4v) is 3.45. The van der Waals surface area contributed by atoms with E-state index in [0.717, 1.165) is 26.2 Å². The molecule has 20 heavy (non-hydrogen) atoms. The van der Waals surface area contributed by atoms with Crippen LogP contribution in [-0.4, -0.2) is 23.9 Å². The summed E-state index contributed by atoms with van der Waals surface area (Å²) in [5, 5.41) is 3.45. The molecular formula is C17H24N2O. The summed E-state index contributed by atoms with van der Waals surface area (Å²) in [5.41, 5.74) is 2.63. The largest absolute Gasteiger partial charge is 0.334 e. The van der Waals surface area contributed by atoms with Gasteiger partial charge < -0.3 is 10.2 Å². The molecule has 2 unspecified atom stereocenters. The maximum atomic E-state index is 12.5. The number of nitrogens with zero attached hydrogens (tertiary/aromatic N) is 1. The van der Waals surface area contributed by atoms with Crippen molar-refractivity contribution in [3.05, 3.63) is 35.4 Å². The SMILES string of the molecule is CC(CC(=O)N1Cc2ccccc2C1)C1CCCNC1. The van der Waals surface area contributed by atoms with E-state index < -0.39 is 0 Å². The number of piperidine rings is 1. The Hall–Kier alpha value is -1.35. The second kappa shape index (κ2) is 5.96. The molecule has 1 fully saturated rings. The molecular weight excluding hydrogens is 248 g/mol. The molecule has 3 rings (SSSR count). The summed E-state index contributed by atoms with van der Waals surface area (Å²) in [7, 11) is 0. The highest BCUT2D eigenvalue weighted by molar-refractivity contribution is 5.77. The summed E-state index contributed by atoms with van der Waals surface area (Å²) in [4.78, 5) is 14.5. The molecule has 0 saturated carbocycles. The van der Waals surface area contributed by atoms with E-state index in [-0.39, 0.29) is 0 Å². The molecule has 2 aliphatic heterocycles. The Labute approximate surface area is 121 Å². The van der Waals surface area contributed by atoms with Gasteiger partial charge in [0, 0.05) is 19.5 Å². The zero-order chi connectivity index (χ0) is 13.9. The molecule has 0 aromatic heterocycles. The van der Waals surface area contributed by atoms with Crippen molar-refractivity contribution in [2.75, 3.05) is 13.1 Å². The van der Waals surface area contributed by atoms with Crippen LogP contribution in [0.15, 0.2) is 24.3 Å². The number of carbonyl (C=O) groups excluding carboxylic acids is 1. The van der Waals surface area contributed by atoms with Gasteiger partial charge in [0.2, 0.25) is 5.91 Å². The van der Waals surface area contributed by atoms with Gasteiger partial charge in [-0.05, 0) is 48.9 Å². The van der Waals surface area contributed by atoms with Crippen molar-refractivity contribution in [2.45, 2.75) is 39.3 Å². The fraction of sp³-hybridized carbons (Fsp3) is 0.588. The number of rotatable bonds is 3. The van der Waals surface area contributed by atoms with Crippen molar-refractivity contribution in [2.24, 2.45) is 11.8 Å². The molecule has 2 atom stereocenters. The first-order chi connectivity index (χ1) is 9.74. The van der Waals surface area contributed by atoms with Gasteiger partial charge in [-0.2, -0.15) is 0 Å². The Morgan fingerprint density at radius 3 is 2.65 bits per heavy atom. The average Bonchev–Trinajstić information content (AvgIpc) is 2.92. The van der Waals surface area contributed by atoms with Crippen LogP contribution in [0.1, 0.15) is 37.3 Å². The first kappa shape index (κ1) is 13.6. The first-order valence-electron chi connectivity index (χ1n) is 7.79. The van der Waals surface area contributed by atoms with Crippen LogP contribution in [0.2, 0.25) is 0 Å². The van der Waals surface area contributed by atoms with Crippen molar-refractivity contribution in [3.63, 3.8) is 0 Å². The maximum absolute atomic E-state index is 12.5. The molecule has 108 valence electrons. The third kappa shape index (κ3) is 2.88. The van der Waals surface area contributed by atoms with Crippen molar-refractivity contribution in [1.82, 2.24) is 10.2 Å². The molecule has 1 saturated heterocycles. The molecule has 3 heteroatoms. The van der Waals surface area contributed by atoms with E-state index in [4.69, 9.17) is 0 Å². The highest BCUT2D eigenvalue weighted by Gasteiger charge is 2.27. The van der Waals surface area contributed by atoms with Gasteiger partial charge in [0.05, 0.1) is 0 Å². The van der Waals surface area contributed by atoms with Crippen LogP contribution in [0.3, 0.4) is 0 Å². The van der Waals surface area contributed by atoms with Crippen LogP contribution in [0.4, 0.5) is 0 Å². The van der Waals surface area contributed by atoms with E-state index in [1.165, 1.54) is 24.0 Å². The monoisotopic (exact) mass is 272 g/mol. The highest BCUT2D eigenvalue weighted by Crippen LogP contribution is 2.27. The maximum Gasteiger partial charge on any atom is 0.223 e. The minimum absolute atomic E-state index is 0.319. The smallest absolute Gasteiger partial charge is 0.223 e. The normalized spacial score (nSPS) is 23.4. The van der Waals surface area contributed by atoms with Gasteiger partial charge >= 0.3 is 0 Å². The summed E-state index contributed by atoms with van der Waals surface area (Å²) < 4.78 is 0. The lowest BCUT2D eigenvalue weighted by atomic mass is 9.85. The summed E-state index contributed by atoms with van der Waals surface area (Å²) in [6.07, 6.45) is 3.21. The minimum Gasteiger partial charge on any atom is -0.334 e. The first-order valence-corrected chi connectivity index (χ1v) is 7.79. The number of carbonyl (C=O) groups is 1. The topological polar surface area (TPSA) is 32.3 Å². The van der Waals surface area contributed by atoms with Crippen molar-refractivity contribution in [1.29, 1.82) is 0 Å². The van der Waals surface area contributed by atoms with Gasteiger partial charge in [0.1, 0.15) is 0 Å². The lowest BCUT2D eigenvalue weighted by molar-refractivity contribution is -0.133. The summed E-state index contributed by atoms with van der Waals surface area (Å²) >= 11 is 0. The third-order valence-electron chi connectivity index (χ3n) is 4.83. The lowest BCUT2D eigenvalue weighted by Crippen LogP contribution is -2.35. The fourth-order valence-electron chi connectivity index (χ4n) is 3.45. The molecule has 3 nitrogen and oxygen atoms in total. The van der Waals surface area contributed by atoms with Crippen LogP contribution in [0, 0.1) is 11.8 Å². The molecule has 1 amide bonds. The van der Waals surface area contributed by atoms with Gasteiger partial charge in [-0.15, -0.1) is 0 Å². The highest BCUT2D eigenvalue weighted by atomic mass is 16.2. The van der Waals surface area contributed by atoms with Gasteiger partial charge in [0.25, 0.3) is 0 Å². The predicted molar refractivity (Wildman–Crippen MR) is 80.1 cm³/mol. The Balaban J connectivity index is 1.55. The number of benzene rings is 1. The number of fused-ring (bicyclic) bond motifs is 1. The summed E-state index contributed by atoms with van der Waals surface area (Å²) in [5.74, 6) is 1.47. The van der Waals surface area contributed by atoms with Crippen molar-refractivity contribution in [3.8, 4) is 0 Å². The average molecular weight is 272 g/mol. The molecule has 0 aliphatic carbocycles. The second-order valence-corrected chi connectivity index (χ2v) is 6.31. The van der Waals surface area contributed by atoms with Gasteiger partial charge in [0.15, 0.2) is 0 Å². The van der Waals surface area contributed by atoms with E-state index in [0.29, 0.717) is 24.2 Å². The molecule has 2 aliphatic rings. The Bertz CT molecular complexity index is 455. The van der Waals surface area contributed by atoms with Gasteiger partial charge in [-0.25, -0.2) is 0 Å². The lowest BCUT2D eigenvalue weighted by Gasteiger charge is -2.29. The van der Waals surface area contributed by atoms with E-state index >= 15 is 0 Å². The number of hydrogen-bond donors (Lipinski definition) is 1. The van der Waals surface area contributed by atoms with Gasteiger partial charge in [-0.1, -0.05) is 31.2 Å². The van der Waals surface area contributed by atoms with E-state index in [2.05, 4.69) is 36.5 Å². The summed E-state index contributed by atoms with van der Waals surface area (Å²) in [6, 6.07) is 8.39. The summed E-state index contributed by atoms with van der Waals surface area (Å²) in [6.45, 7) is 6.04. The number of amides is 1. The van der Waals surface area contributed by atoms with Crippen molar-refractivity contribution < 1.29 is 4.79 Å². The molecule has 1 N–H and O–H groups in total. The number of nitrogens with one attached hydrogen (secondary N) is 1. The van der Waals surface area contributed by atoms with Crippen LogP contribution in [0.5, 0.6) is 0 Å². The standard InChI is InChI=1S/C17H24N2O/c1-13(14-7-4-8-18-10-14)9-17(20)19-11-15-5-2-3-6-16(15)12-19/h2-3,5-6,13-14,18H,4,7-12H2,1H3. The quantitative estimate of drug-likeness (QED) is 0.917. The van der Waals surface area contributed by atoms with Crippen molar-refractivity contribution >= 4 is 5.91 Å². The third-order valence-corrected chi connectivity index (χ3v) is 4.83. The van der Waals surface area contributed by atoms with Crippen LogP contribution in [0.25, 0.3) is 0 Å². The molecule has 0 spiro atoms. The van der Waals surface area contributed by atoms with Gasteiger partial charge in [-0.3, -0.25) is 4.79 Å². The molecule has 1 aromatic carbocycles. The zero-order valence-electron chi connectivity index (χ0n) is 12.3. The second-order valence-electron chi connectivity index (χ2n) is 6.31. The molecule has 2 heterocycles. The molecule has 0 radical (unpaired) electrons. The Kier molecular flexibility index (Phi) is 4.06. The number of hydrogen-bond acceptors (Lipinski definition) is 2. The minimum atomic E-state index is 0.319. The molecule has 1 aromatic rings. The van der Waals surface area contributed by atoms with Crippen LogP contribution < -0.4 is 5.32 Å². The molecule has 0 bridgehead atoms. The Morgan fingerprint density at radius 1 is 1.35 bits per heavy atom. The van der Waals surface area contributed by atoms with Crippen LogP contribution in [-0.2, 0) is 17.9 Å². The predicted octanol–water partition coefficient (Wildman–Crippen LogP) is 2.55. The Morgan fingerprint density at radius 2 is 2.05 bits per heavy atom. The van der Waals surface area contributed by atoms with E-state index in [1.54, 1.807) is 0 Å². The zero-order valence-corrected chi connectivity index (χ0v) is 12.3. The van der Waals surface area contributed by atoms with Crippen LogP contribution >= 0.6 is 0 Å².